The van der Waals surface area contributed by atoms with Crippen LogP contribution in [0.3, 0.4) is 0 Å². The Bertz CT molecular complexity index is 419. The summed E-state index contributed by atoms with van der Waals surface area (Å²) in [6.07, 6.45) is -1.86. The summed E-state index contributed by atoms with van der Waals surface area (Å²) in [7, 11) is 0. The van der Waals surface area contributed by atoms with Gasteiger partial charge in [-0.15, -0.1) is 0 Å². The minimum Gasteiger partial charge on any atom is -0.307 e. The molecule has 0 heterocycles. The average Bonchev–Trinajstić information content (AvgIpc) is 2.36. The Morgan fingerprint density at radius 1 is 1.05 bits per heavy atom. The molecule has 0 bridgehead atoms. The molecule has 3 unspecified atom stereocenters. The van der Waals surface area contributed by atoms with Gasteiger partial charge in [0.05, 0.1) is 6.42 Å². The lowest BCUT2D eigenvalue weighted by Crippen LogP contribution is -2.40. The molecule has 1 saturated carbocycles. The van der Waals surface area contributed by atoms with Gasteiger partial charge in [-0.2, -0.15) is 13.2 Å². The van der Waals surface area contributed by atoms with Gasteiger partial charge in [0.2, 0.25) is 0 Å². The van der Waals surface area contributed by atoms with Crippen molar-refractivity contribution >= 4 is 0 Å². The first kappa shape index (κ1) is 16.3. The van der Waals surface area contributed by atoms with Gasteiger partial charge >= 0.3 is 6.18 Å². The van der Waals surface area contributed by atoms with Crippen LogP contribution in [-0.4, -0.2) is 12.2 Å². The zero-order valence-electron chi connectivity index (χ0n) is 12.7. The lowest BCUT2D eigenvalue weighted by Gasteiger charge is -2.35. The lowest BCUT2D eigenvalue weighted by atomic mass is 9.80. The normalized spacial score (nSPS) is 28.3. The second-order valence-electron chi connectivity index (χ2n) is 6.56. The van der Waals surface area contributed by atoms with Gasteiger partial charge in [-0.05, 0) is 36.7 Å². The van der Waals surface area contributed by atoms with Gasteiger partial charge in [0.1, 0.15) is 0 Å². The van der Waals surface area contributed by atoms with E-state index in [-0.39, 0.29) is 6.04 Å². The van der Waals surface area contributed by atoms with Crippen molar-refractivity contribution in [3.63, 3.8) is 0 Å². The Kier molecular flexibility index (Phi) is 5.31. The molecule has 1 aromatic carbocycles. The Morgan fingerprint density at radius 2 is 1.62 bits per heavy atom. The summed E-state index contributed by atoms with van der Waals surface area (Å²) >= 11 is 0. The SMILES string of the molecule is CC1CC(C)CC(NC(CC(F)(F)F)c2ccccc2)C1. The summed E-state index contributed by atoms with van der Waals surface area (Å²) in [6.45, 7) is 4.37. The summed E-state index contributed by atoms with van der Waals surface area (Å²) in [4.78, 5) is 0. The lowest BCUT2D eigenvalue weighted by molar-refractivity contribution is -0.141. The van der Waals surface area contributed by atoms with Crippen LogP contribution in [0.15, 0.2) is 30.3 Å². The fourth-order valence-electron chi connectivity index (χ4n) is 3.56. The van der Waals surface area contributed by atoms with E-state index < -0.39 is 18.6 Å². The summed E-state index contributed by atoms with van der Waals surface area (Å²) in [5.41, 5.74) is 0.723. The summed E-state index contributed by atoms with van der Waals surface area (Å²) in [5, 5.41) is 3.27. The van der Waals surface area contributed by atoms with E-state index in [0.717, 1.165) is 18.4 Å². The second-order valence-corrected chi connectivity index (χ2v) is 6.56. The van der Waals surface area contributed by atoms with Gasteiger partial charge in [-0.25, -0.2) is 0 Å². The molecule has 0 spiro atoms. The van der Waals surface area contributed by atoms with E-state index in [1.54, 1.807) is 24.3 Å². The number of hydrogen-bond donors (Lipinski definition) is 1. The largest absolute Gasteiger partial charge is 0.390 e. The first-order valence-corrected chi connectivity index (χ1v) is 7.71. The van der Waals surface area contributed by atoms with Gasteiger partial charge in [0.25, 0.3) is 0 Å². The van der Waals surface area contributed by atoms with Crippen LogP contribution >= 0.6 is 0 Å². The molecule has 0 saturated heterocycles. The topological polar surface area (TPSA) is 12.0 Å². The van der Waals surface area contributed by atoms with Crippen molar-refractivity contribution in [2.24, 2.45) is 11.8 Å². The average molecular weight is 299 g/mol. The van der Waals surface area contributed by atoms with Crippen LogP contribution in [0, 0.1) is 11.8 Å². The van der Waals surface area contributed by atoms with Crippen LogP contribution in [0.4, 0.5) is 13.2 Å². The molecule has 4 heteroatoms. The highest BCUT2D eigenvalue weighted by Gasteiger charge is 2.34. The maximum absolute atomic E-state index is 12.9. The van der Waals surface area contributed by atoms with Crippen molar-refractivity contribution in [2.45, 2.75) is 57.8 Å². The highest BCUT2D eigenvalue weighted by atomic mass is 19.4. The van der Waals surface area contributed by atoms with E-state index in [0.29, 0.717) is 11.8 Å². The first-order chi connectivity index (χ1) is 9.83. The fraction of sp³-hybridized carbons (Fsp3) is 0.647. The first-order valence-electron chi connectivity index (χ1n) is 7.71. The molecule has 0 amide bonds. The van der Waals surface area contributed by atoms with Crippen molar-refractivity contribution in [1.82, 2.24) is 5.32 Å². The Morgan fingerprint density at radius 3 is 2.14 bits per heavy atom. The van der Waals surface area contributed by atoms with Gasteiger partial charge in [0.15, 0.2) is 0 Å². The number of hydrogen-bond acceptors (Lipinski definition) is 1. The van der Waals surface area contributed by atoms with E-state index in [4.69, 9.17) is 0 Å². The molecule has 1 N–H and O–H groups in total. The van der Waals surface area contributed by atoms with E-state index >= 15 is 0 Å². The van der Waals surface area contributed by atoms with Crippen molar-refractivity contribution in [3.8, 4) is 0 Å². The molecule has 0 radical (unpaired) electrons. The van der Waals surface area contributed by atoms with Crippen LogP contribution < -0.4 is 5.32 Å². The maximum Gasteiger partial charge on any atom is 0.390 e. The highest BCUT2D eigenvalue weighted by Crippen LogP contribution is 2.33. The monoisotopic (exact) mass is 299 g/mol. The van der Waals surface area contributed by atoms with Crippen molar-refractivity contribution in [1.29, 1.82) is 0 Å². The quantitative estimate of drug-likeness (QED) is 0.816. The molecule has 1 aliphatic rings. The number of nitrogens with one attached hydrogen (secondary N) is 1. The smallest absolute Gasteiger partial charge is 0.307 e. The second kappa shape index (κ2) is 6.82. The molecule has 1 aliphatic carbocycles. The Balaban J connectivity index is 2.09. The third-order valence-electron chi connectivity index (χ3n) is 4.25. The number of benzene rings is 1. The predicted molar refractivity (Wildman–Crippen MR) is 79.0 cm³/mol. The molecule has 1 fully saturated rings. The van der Waals surface area contributed by atoms with Crippen molar-refractivity contribution in [2.75, 3.05) is 0 Å². The molecule has 1 nitrogen and oxygen atoms in total. The summed E-state index contributed by atoms with van der Waals surface area (Å²) in [6, 6.07) is 8.51. The molecular formula is C17H24F3N. The standard InChI is InChI=1S/C17H24F3N/c1-12-8-13(2)10-15(9-12)21-16(11-17(18,19)20)14-6-4-3-5-7-14/h3-7,12-13,15-16,21H,8-11H2,1-2H3. The van der Waals surface area contributed by atoms with E-state index in [2.05, 4.69) is 19.2 Å². The third kappa shape index (κ3) is 5.34. The molecule has 3 atom stereocenters. The molecule has 21 heavy (non-hydrogen) atoms. The molecule has 1 aromatic rings. The summed E-state index contributed by atoms with van der Waals surface area (Å²) in [5.74, 6) is 1.15. The van der Waals surface area contributed by atoms with Gasteiger partial charge in [0, 0.05) is 12.1 Å². The number of rotatable bonds is 4. The van der Waals surface area contributed by atoms with Crippen LogP contribution in [0.5, 0.6) is 0 Å². The molecule has 0 aliphatic heterocycles. The zero-order chi connectivity index (χ0) is 15.5. The zero-order valence-corrected chi connectivity index (χ0v) is 12.7. The van der Waals surface area contributed by atoms with Crippen LogP contribution in [0.2, 0.25) is 0 Å². The van der Waals surface area contributed by atoms with Gasteiger partial charge < -0.3 is 5.32 Å². The van der Waals surface area contributed by atoms with Crippen LogP contribution in [-0.2, 0) is 0 Å². The summed E-state index contributed by atoms with van der Waals surface area (Å²) < 4.78 is 38.6. The van der Waals surface area contributed by atoms with Crippen LogP contribution in [0.1, 0.15) is 51.1 Å². The van der Waals surface area contributed by atoms with Crippen molar-refractivity contribution in [3.05, 3.63) is 35.9 Å². The van der Waals surface area contributed by atoms with E-state index in [1.807, 2.05) is 6.07 Å². The third-order valence-corrected chi connectivity index (χ3v) is 4.25. The minimum absolute atomic E-state index is 0.177. The number of alkyl halides is 3. The Hall–Kier alpha value is -1.03. The van der Waals surface area contributed by atoms with Crippen molar-refractivity contribution < 1.29 is 13.2 Å². The fourth-order valence-corrected chi connectivity index (χ4v) is 3.56. The van der Waals surface area contributed by atoms with Gasteiger partial charge in [-0.3, -0.25) is 0 Å². The Labute approximate surface area is 124 Å². The van der Waals surface area contributed by atoms with Crippen LogP contribution in [0.25, 0.3) is 0 Å². The van der Waals surface area contributed by atoms with Gasteiger partial charge in [-0.1, -0.05) is 44.2 Å². The molecule has 118 valence electrons. The minimum atomic E-state index is -4.15. The number of halogens is 3. The molecular weight excluding hydrogens is 275 g/mol. The van der Waals surface area contributed by atoms with E-state index in [1.165, 1.54) is 6.42 Å². The highest BCUT2D eigenvalue weighted by molar-refractivity contribution is 5.19. The maximum atomic E-state index is 12.9. The molecule has 2 rings (SSSR count). The molecule has 0 aromatic heterocycles. The predicted octanol–water partition coefficient (Wildman–Crippen LogP) is 5.09. The van der Waals surface area contributed by atoms with E-state index in [9.17, 15) is 13.2 Å².